The molecule has 0 aliphatic heterocycles. The zero-order chi connectivity index (χ0) is 22.7. The summed E-state index contributed by atoms with van der Waals surface area (Å²) in [7, 11) is 0. The van der Waals surface area contributed by atoms with Crippen molar-refractivity contribution >= 4 is 11.9 Å². The minimum atomic E-state index is 0.519. The Labute approximate surface area is 197 Å². The van der Waals surface area contributed by atoms with Crippen LogP contribution < -0.4 is 4.72 Å². The average molecular weight is 446 g/mol. The second-order valence-electron chi connectivity index (χ2n) is 9.83. The van der Waals surface area contributed by atoms with Gasteiger partial charge in [0.15, 0.2) is 0 Å². The van der Waals surface area contributed by atoms with E-state index in [2.05, 4.69) is 99.0 Å². The van der Waals surface area contributed by atoms with Gasteiger partial charge in [-0.1, -0.05) is 86.8 Å². The summed E-state index contributed by atoms with van der Waals surface area (Å²) in [4.78, 5) is 0. The van der Waals surface area contributed by atoms with E-state index < -0.39 is 0 Å². The van der Waals surface area contributed by atoms with Crippen LogP contribution in [-0.2, 0) is 0 Å². The normalized spacial score (nSPS) is 21.1. The molecule has 3 nitrogen and oxygen atoms in total. The third-order valence-corrected chi connectivity index (χ3v) is 7.63. The second-order valence-corrected chi connectivity index (χ2v) is 10.7. The molecule has 1 aliphatic rings. The Kier molecular flexibility index (Phi) is 7.32. The van der Waals surface area contributed by atoms with Crippen LogP contribution in [0.25, 0.3) is 22.4 Å². The van der Waals surface area contributed by atoms with Crippen molar-refractivity contribution in [2.75, 3.05) is 0 Å². The fraction of sp³-hybridized carbons (Fsp3) is 0.429. The lowest BCUT2D eigenvalue weighted by Crippen LogP contribution is -2.39. The highest BCUT2D eigenvalue weighted by atomic mass is 32.2. The lowest BCUT2D eigenvalue weighted by Gasteiger charge is -2.37. The molecule has 1 aliphatic carbocycles. The Morgan fingerprint density at radius 3 is 2.12 bits per heavy atom. The Morgan fingerprint density at radius 2 is 1.50 bits per heavy atom. The van der Waals surface area contributed by atoms with Gasteiger partial charge in [0.1, 0.15) is 10.7 Å². The fourth-order valence-corrected chi connectivity index (χ4v) is 5.58. The van der Waals surface area contributed by atoms with E-state index in [0.717, 1.165) is 33.7 Å². The lowest BCUT2D eigenvalue weighted by atomic mass is 9.74. The van der Waals surface area contributed by atoms with Crippen molar-refractivity contribution in [3.8, 4) is 22.4 Å². The third kappa shape index (κ3) is 5.41. The SMILES string of the molecule is Cc1ccc(-c2cc(SNC3CC(C)CCC3C(C)C)nnc2-c2ccc(C)cc2)cc1. The highest BCUT2D eigenvalue weighted by molar-refractivity contribution is 7.97. The van der Waals surface area contributed by atoms with E-state index in [1.807, 2.05) is 0 Å². The van der Waals surface area contributed by atoms with Crippen molar-refractivity contribution in [2.45, 2.75) is 64.9 Å². The van der Waals surface area contributed by atoms with Crippen LogP contribution in [0.5, 0.6) is 0 Å². The van der Waals surface area contributed by atoms with Gasteiger partial charge in [0, 0.05) is 17.2 Å². The van der Waals surface area contributed by atoms with Crippen LogP contribution in [0.2, 0.25) is 0 Å². The molecule has 0 saturated heterocycles. The highest BCUT2D eigenvalue weighted by Gasteiger charge is 2.30. The zero-order valence-electron chi connectivity index (χ0n) is 19.9. The van der Waals surface area contributed by atoms with E-state index in [4.69, 9.17) is 5.10 Å². The van der Waals surface area contributed by atoms with E-state index in [9.17, 15) is 0 Å². The van der Waals surface area contributed by atoms with Gasteiger partial charge in [-0.25, -0.2) is 0 Å². The quantitative estimate of drug-likeness (QED) is 0.399. The summed E-state index contributed by atoms with van der Waals surface area (Å²) < 4.78 is 3.77. The molecule has 168 valence electrons. The van der Waals surface area contributed by atoms with Crippen LogP contribution in [0.1, 0.15) is 51.2 Å². The monoisotopic (exact) mass is 445 g/mol. The van der Waals surface area contributed by atoms with E-state index in [1.165, 1.54) is 36.0 Å². The van der Waals surface area contributed by atoms with Gasteiger partial charge in [0.2, 0.25) is 0 Å². The molecule has 0 bridgehead atoms. The predicted molar refractivity (Wildman–Crippen MR) is 137 cm³/mol. The first kappa shape index (κ1) is 23.0. The lowest BCUT2D eigenvalue weighted by molar-refractivity contribution is 0.190. The fourth-order valence-electron chi connectivity index (χ4n) is 4.78. The molecular weight excluding hydrogens is 410 g/mol. The summed E-state index contributed by atoms with van der Waals surface area (Å²) in [6, 6.07) is 20.0. The molecule has 3 atom stereocenters. The molecule has 1 fully saturated rings. The van der Waals surface area contributed by atoms with Crippen molar-refractivity contribution in [3.63, 3.8) is 0 Å². The number of aromatic nitrogens is 2. The molecule has 4 heteroatoms. The number of hydrogen-bond donors (Lipinski definition) is 1. The molecule has 0 amide bonds. The molecule has 1 heterocycles. The Hall–Kier alpha value is -2.17. The number of nitrogens with one attached hydrogen (secondary N) is 1. The van der Waals surface area contributed by atoms with Crippen LogP contribution in [-0.4, -0.2) is 16.2 Å². The summed E-state index contributed by atoms with van der Waals surface area (Å²) in [6.07, 6.45) is 3.88. The minimum Gasteiger partial charge on any atom is -0.255 e. The van der Waals surface area contributed by atoms with E-state index >= 15 is 0 Å². The van der Waals surface area contributed by atoms with Gasteiger partial charge in [0.05, 0.1) is 0 Å². The van der Waals surface area contributed by atoms with Gasteiger partial charge in [-0.3, -0.25) is 4.72 Å². The maximum atomic E-state index is 4.70. The molecule has 1 saturated carbocycles. The van der Waals surface area contributed by atoms with Crippen molar-refractivity contribution < 1.29 is 0 Å². The zero-order valence-corrected chi connectivity index (χ0v) is 20.7. The minimum absolute atomic E-state index is 0.519. The van der Waals surface area contributed by atoms with Gasteiger partial charge in [-0.15, -0.1) is 10.2 Å². The molecular formula is C28H35N3S. The Bertz CT molecular complexity index is 1030. The van der Waals surface area contributed by atoms with Gasteiger partial charge in [0.25, 0.3) is 0 Å². The molecule has 1 aromatic heterocycles. The maximum absolute atomic E-state index is 4.70. The Morgan fingerprint density at radius 1 is 0.875 bits per heavy atom. The van der Waals surface area contributed by atoms with Crippen LogP contribution in [0.3, 0.4) is 0 Å². The highest BCUT2D eigenvalue weighted by Crippen LogP contribution is 2.36. The molecule has 32 heavy (non-hydrogen) atoms. The van der Waals surface area contributed by atoms with Gasteiger partial charge >= 0.3 is 0 Å². The number of rotatable bonds is 6. The van der Waals surface area contributed by atoms with Crippen molar-refractivity contribution in [1.29, 1.82) is 0 Å². The number of hydrogen-bond acceptors (Lipinski definition) is 4. The molecule has 4 rings (SSSR count). The predicted octanol–water partition coefficient (Wildman–Crippen LogP) is 7.48. The van der Waals surface area contributed by atoms with Crippen molar-refractivity contribution in [2.24, 2.45) is 17.8 Å². The standard InChI is InChI=1S/C28H35N3S/c1-18(2)24-15-10-21(5)16-26(24)31-32-27-17-25(22-11-6-19(3)7-12-22)28(30-29-27)23-13-8-20(4)9-14-23/h6-9,11-14,17-18,21,24,26,31H,10,15-16H2,1-5H3. The summed E-state index contributed by atoms with van der Waals surface area (Å²) in [5.74, 6) is 2.19. The third-order valence-electron chi connectivity index (χ3n) is 6.80. The number of benzene rings is 2. The van der Waals surface area contributed by atoms with Crippen LogP contribution in [0, 0.1) is 31.6 Å². The first-order valence-electron chi connectivity index (χ1n) is 11.8. The molecule has 0 radical (unpaired) electrons. The second kappa shape index (κ2) is 10.2. The van der Waals surface area contributed by atoms with Crippen molar-refractivity contribution in [1.82, 2.24) is 14.9 Å². The van der Waals surface area contributed by atoms with E-state index in [-0.39, 0.29) is 0 Å². The smallest absolute Gasteiger partial charge is 0.134 e. The average Bonchev–Trinajstić information content (AvgIpc) is 2.78. The molecule has 1 N–H and O–H groups in total. The van der Waals surface area contributed by atoms with Crippen molar-refractivity contribution in [3.05, 3.63) is 65.7 Å². The van der Waals surface area contributed by atoms with Crippen LogP contribution in [0.4, 0.5) is 0 Å². The first-order chi connectivity index (χ1) is 15.4. The van der Waals surface area contributed by atoms with E-state index in [1.54, 1.807) is 11.9 Å². The first-order valence-corrected chi connectivity index (χ1v) is 12.7. The maximum Gasteiger partial charge on any atom is 0.134 e. The largest absolute Gasteiger partial charge is 0.255 e. The summed E-state index contributed by atoms with van der Waals surface area (Å²) >= 11 is 1.64. The molecule has 3 aromatic rings. The van der Waals surface area contributed by atoms with Crippen LogP contribution in [0.15, 0.2) is 59.6 Å². The molecule has 2 aromatic carbocycles. The van der Waals surface area contributed by atoms with Gasteiger partial charge in [-0.2, -0.15) is 0 Å². The summed E-state index contributed by atoms with van der Waals surface area (Å²) in [5, 5.41) is 10.2. The van der Waals surface area contributed by atoms with Gasteiger partial charge in [-0.05, 0) is 68.0 Å². The van der Waals surface area contributed by atoms with Crippen LogP contribution >= 0.6 is 11.9 Å². The Balaban J connectivity index is 1.63. The molecule has 0 spiro atoms. The van der Waals surface area contributed by atoms with Gasteiger partial charge < -0.3 is 0 Å². The number of aryl methyl sites for hydroxylation is 2. The van der Waals surface area contributed by atoms with E-state index in [0.29, 0.717) is 12.0 Å². The molecule has 3 unspecified atom stereocenters. The topological polar surface area (TPSA) is 37.8 Å². The summed E-state index contributed by atoms with van der Waals surface area (Å²) in [5.41, 5.74) is 6.85. The summed E-state index contributed by atoms with van der Waals surface area (Å²) in [6.45, 7) is 11.3. The number of nitrogens with zero attached hydrogens (tertiary/aromatic N) is 2.